The van der Waals surface area contributed by atoms with E-state index >= 15 is 0 Å². The van der Waals surface area contributed by atoms with Crippen LogP contribution < -0.4 is 10.6 Å². The summed E-state index contributed by atoms with van der Waals surface area (Å²) in [5, 5.41) is 5.85. The summed E-state index contributed by atoms with van der Waals surface area (Å²) in [5.41, 5.74) is 0. The van der Waals surface area contributed by atoms with E-state index in [4.69, 9.17) is 0 Å². The maximum absolute atomic E-state index is 11.4. The van der Waals surface area contributed by atoms with Crippen molar-refractivity contribution in [3.8, 4) is 0 Å². The summed E-state index contributed by atoms with van der Waals surface area (Å²) in [4.78, 5) is 11.4. The predicted molar refractivity (Wildman–Crippen MR) is 60.6 cm³/mol. The molecule has 0 aliphatic heterocycles. The second kappa shape index (κ2) is 4.42. The van der Waals surface area contributed by atoms with E-state index in [9.17, 15) is 4.79 Å². The average molecular weight is 210 g/mol. The Kier molecular flexibility index (Phi) is 3.17. The van der Waals surface area contributed by atoms with Crippen molar-refractivity contribution in [3.63, 3.8) is 0 Å². The maximum Gasteiger partial charge on any atom is 0.314 e. The number of amides is 2. The van der Waals surface area contributed by atoms with Gasteiger partial charge >= 0.3 is 6.03 Å². The molecule has 0 aromatic carbocycles. The topological polar surface area (TPSA) is 41.1 Å². The van der Waals surface area contributed by atoms with Gasteiger partial charge in [-0.1, -0.05) is 6.42 Å². The zero-order valence-electron chi connectivity index (χ0n) is 9.75. The van der Waals surface area contributed by atoms with Crippen LogP contribution in [-0.4, -0.2) is 18.6 Å². The lowest BCUT2D eigenvalue weighted by atomic mass is 9.84. The molecule has 2 fully saturated rings. The summed E-state index contributed by atoms with van der Waals surface area (Å²) in [5.74, 6) is 2.57. The number of nitrogens with one attached hydrogen (secondary N) is 2. The first-order chi connectivity index (χ1) is 7.20. The summed E-state index contributed by atoms with van der Waals surface area (Å²) in [6, 6.07) is 0.333. The molecule has 3 nitrogen and oxygen atoms in total. The molecule has 2 amide bonds. The van der Waals surface area contributed by atoms with Crippen molar-refractivity contribution >= 4 is 6.03 Å². The Morgan fingerprint density at radius 1 is 1.40 bits per heavy atom. The number of hydrogen-bond donors (Lipinski definition) is 2. The van der Waals surface area contributed by atoms with Crippen LogP contribution in [0, 0.1) is 17.8 Å². The van der Waals surface area contributed by atoms with Crippen molar-refractivity contribution in [1.29, 1.82) is 0 Å². The molecule has 2 saturated carbocycles. The Bertz CT molecular complexity index is 242. The molecule has 0 aromatic heterocycles. The van der Waals surface area contributed by atoms with Crippen molar-refractivity contribution < 1.29 is 4.79 Å². The third-order valence-corrected chi connectivity index (χ3v) is 4.13. The number of carbonyl (C=O) groups excluding carboxylic acids is 1. The monoisotopic (exact) mass is 210 g/mol. The van der Waals surface area contributed by atoms with Crippen LogP contribution >= 0.6 is 0 Å². The molecule has 0 heterocycles. The van der Waals surface area contributed by atoms with Gasteiger partial charge in [0.05, 0.1) is 0 Å². The third-order valence-electron chi connectivity index (χ3n) is 4.13. The lowest BCUT2D eigenvalue weighted by Crippen LogP contribution is -2.45. The van der Waals surface area contributed by atoms with Crippen molar-refractivity contribution in [2.24, 2.45) is 17.8 Å². The third kappa shape index (κ3) is 2.27. The van der Waals surface area contributed by atoms with Crippen LogP contribution in [0.15, 0.2) is 0 Å². The van der Waals surface area contributed by atoms with E-state index < -0.39 is 0 Å². The maximum atomic E-state index is 11.4. The van der Waals surface area contributed by atoms with Crippen LogP contribution in [0.2, 0.25) is 0 Å². The number of rotatable bonds is 3. The molecule has 0 aromatic rings. The molecule has 2 aliphatic carbocycles. The smallest absolute Gasteiger partial charge is 0.314 e. The second-order valence-corrected chi connectivity index (χ2v) is 5.13. The Morgan fingerprint density at radius 2 is 2.20 bits per heavy atom. The van der Waals surface area contributed by atoms with Gasteiger partial charge in [-0.2, -0.15) is 0 Å². The standard InChI is InChI=1S/C12H22N2O/c1-3-13-12(15)14-8(2)11-7-9-4-5-10(11)6-9/h8-11H,3-7H2,1-2H3,(H2,13,14,15). The minimum atomic E-state index is -0.00669. The summed E-state index contributed by atoms with van der Waals surface area (Å²) < 4.78 is 0. The molecule has 2 bridgehead atoms. The fraction of sp³-hybridized carbons (Fsp3) is 0.917. The molecule has 2 rings (SSSR count). The summed E-state index contributed by atoms with van der Waals surface area (Å²) in [7, 11) is 0. The predicted octanol–water partition coefficient (Wildman–Crippen LogP) is 2.13. The van der Waals surface area contributed by atoms with Gasteiger partial charge in [0.15, 0.2) is 0 Å². The van der Waals surface area contributed by atoms with Crippen LogP contribution in [0.3, 0.4) is 0 Å². The zero-order valence-corrected chi connectivity index (χ0v) is 9.75. The Balaban J connectivity index is 1.81. The molecular weight excluding hydrogens is 188 g/mol. The van der Waals surface area contributed by atoms with Gasteiger partial charge in [-0.15, -0.1) is 0 Å². The fourth-order valence-corrected chi connectivity index (χ4v) is 3.43. The molecule has 2 N–H and O–H groups in total. The van der Waals surface area contributed by atoms with Crippen LogP contribution in [0.1, 0.15) is 39.5 Å². The summed E-state index contributed by atoms with van der Waals surface area (Å²) >= 11 is 0. The van der Waals surface area contributed by atoms with Crippen molar-refractivity contribution in [3.05, 3.63) is 0 Å². The minimum absolute atomic E-state index is 0.00669. The number of urea groups is 1. The summed E-state index contributed by atoms with van der Waals surface area (Å²) in [6.07, 6.45) is 5.55. The first-order valence-corrected chi connectivity index (χ1v) is 6.25. The van der Waals surface area contributed by atoms with Gasteiger partial charge in [-0.25, -0.2) is 4.79 Å². The van der Waals surface area contributed by atoms with Gasteiger partial charge in [0.2, 0.25) is 0 Å². The van der Waals surface area contributed by atoms with E-state index in [0.717, 1.165) is 17.8 Å². The van der Waals surface area contributed by atoms with E-state index in [1.54, 1.807) is 0 Å². The molecule has 0 spiro atoms. The number of fused-ring (bicyclic) bond motifs is 2. The van der Waals surface area contributed by atoms with Crippen molar-refractivity contribution in [1.82, 2.24) is 10.6 Å². The van der Waals surface area contributed by atoms with E-state index in [1.807, 2.05) is 6.92 Å². The van der Waals surface area contributed by atoms with Crippen LogP contribution in [0.5, 0.6) is 0 Å². The Hall–Kier alpha value is -0.730. The molecular formula is C12H22N2O. The van der Waals surface area contributed by atoms with Crippen molar-refractivity contribution in [2.75, 3.05) is 6.54 Å². The lowest BCUT2D eigenvalue weighted by Gasteiger charge is -2.28. The number of carbonyl (C=O) groups is 1. The van der Waals surface area contributed by atoms with E-state index in [1.165, 1.54) is 25.7 Å². The highest BCUT2D eigenvalue weighted by Gasteiger charge is 2.42. The van der Waals surface area contributed by atoms with Crippen LogP contribution in [-0.2, 0) is 0 Å². The zero-order chi connectivity index (χ0) is 10.8. The molecule has 3 heteroatoms. The molecule has 86 valence electrons. The van der Waals surface area contributed by atoms with Gasteiger partial charge in [0, 0.05) is 12.6 Å². The van der Waals surface area contributed by atoms with Crippen molar-refractivity contribution in [2.45, 2.75) is 45.6 Å². The number of hydrogen-bond acceptors (Lipinski definition) is 1. The van der Waals surface area contributed by atoms with E-state index in [2.05, 4.69) is 17.6 Å². The lowest BCUT2D eigenvalue weighted by molar-refractivity contribution is 0.220. The first-order valence-electron chi connectivity index (χ1n) is 6.25. The van der Waals surface area contributed by atoms with Crippen LogP contribution in [0.25, 0.3) is 0 Å². The molecule has 4 atom stereocenters. The quantitative estimate of drug-likeness (QED) is 0.736. The Morgan fingerprint density at radius 3 is 2.73 bits per heavy atom. The van der Waals surface area contributed by atoms with Gasteiger partial charge in [-0.05, 0) is 50.9 Å². The van der Waals surface area contributed by atoms with Crippen LogP contribution in [0.4, 0.5) is 4.79 Å². The molecule has 15 heavy (non-hydrogen) atoms. The highest BCUT2D eigenvalue weighted by Crippen LogP contribution is 2.49. The average Bonchev–Trinajstić information content (AvgIpc) is 2.78. The molecule has 2 aliphatic rings. The largest absolute Gasteiger partial charge is 0.338 e. The van der Waals surface area contributed by atoms with E-state index in [-0.39, 0.29) is 6.03 Å². The minimum Gasteiger partial charge on any atom is -0.338 e. The SMILES string of the molecule is CCNC(=O)NC(C)C1CC2CCC1C2. The molecule has 0 saturated heterocycles. The fourth-order valence-electron chi connectivity index (χ4n) is 3.43. The second-order valence-electron chi connectivity index (χ2n) is 5.13. The highest BCUT2D eigenvalue weighted by molar-refractivity contribution is 5.74. The normalized spacial score (nSPS) is 35.2. The van der Waals surface area contributed by atoms with Gasteiger partial charge < -0.3 is 10.6 Å². The van der Waals surface area contributed by atoms with Gasteiger partial charge in [0.25, 0.3) is 0 Å². The first kappa shape index (κ1) is 10.8. The van der Waals surface area contributed by atoms with Gasteiger partial charge in [0.1, 0.15) is 0 Å². The molecule has 0 radical (unpaired) electrons. The molecule has 4 unspecified atom stereocenters. The Labute approximate surface area is 92.0 Å². The highest BCUT2D eigenvalue weighted by atomic mass is 16.2. The van der Waals surface area contributed by atoms with Gasteiger partial charge in [-0.3, -0.25) is 0 Å². The summed E-state index contributed by atoms with van der Waals surface area (Å²) in [6.45, 7) is 4.80. The van der Waals surface area contributed by atoms with E-state index in [0.29, 0.717) is 12.6 Å².